The first-order valence-electron chi connectivity index (χ1n) is 2.97. The molecule has 0 aliphatic rings. The number of carbonyl (C=O) groups is 3. The van der Waals surface area contributed by atoms with E-state index in [1.807, 2.05) is 0 Å². The van der Waals surface area contributed by atoms with Gasteiger partial charge in [-0.3, -0.25) is 0 Å². The van der Waals surface area contributed by atoms with Crippen LogP contribution in [0.5, 0.6) is 0 Å². The second kappa shape index (κ2) is 36.0. The number of aliphatic hydroxyl groups is 2. The molecule has 11 nitrogen and oxygen atoms in total. The van der Waals surface area contributed by atoms with Gasteiger partial charge in [0, 0.05) is 0 Å². The van der Waals surface area contributed by atoms with Gasteiger partial charge < -0.3 is 55.2 Å². The van der Waals surface area contributed by atoms with Crippen LogP contribution in [-0.4, -0.2) is 41.9 Å². The van der Waals surface area contributed by atoms with E-state index in [1.165, 1.54) is 0 Å². The molecule has 0 radical (unpaired) electrons. The summed E-state index contributed by atoms with van der Waals surface area (Å²) < 4.78 is 0. The summed E-state index contributed by atoms with van der Waals surface area (Å²) in [6.07, 6.45) is -7.00. The molecule has 98 valence electrons. The summed E-state index contributed by atoms with van der Waals surface area (Å²) in [7, 11) is 0. The molecule has 0 amide bonds. The van der Waals surface area contributed by atoms with Crippen LogP contribution in [0.3, 0.4) is 0 Å². The Morgan fingerprint density at radius 1 is 0.611 bits per heavy atom. The maximum absolute atomic E-state index is 8.33. The minimum Gasteiger partial charge on any atom is -0.652 e. The topological polar surface area (TPSA) is 230 Å². The van der Waals surface area contributed by atoms with Gasteiger partial charge in [-0.15, -0.1) is 0 Å². The first kappa shape index (κ1) is 36.2. The first-order chi connectivity index (χ1) is 7.11. The zero-order valence-corrected chi connectivity index (χ0v) is 15.9. The molecular weight excluding hydrogens is 514 g/mol. The number of hydrogen-bond donors (Lipinski definition) is 2. The van der Waals surface area contributed by atoms with E-state index in [4.69, 9.17) is 55.2 Å². The van der Waals surface area contributed by atoms with Crippen LogP contribution in [0, 0.1) is 71.2 Å². The third kappa shape index (κ3) is 2940. The van der Waals surface area contributed by atoms with Crippen molar-refractivity contribution in [1.29, 1.82) is 0 Å². The molecule has 13 heteroatoms. The average Bonchev–Trinajstić information content (AvgIpc) is 2.00. The minimum atomic E-state index is -2.33. The predicted molar refractivity (Wildman–Crippen MR) is 30.4 cm³/mol. The van der Waals surface area contributed by atoms with Gasteiger partial charge in [0.25, 0.3) is 0 Å². The van der Waals surface area contributed by atoms with Crippen LogP contribution in [0.25, 0.3) is 0 Å². The van der Waals surface area contributed by atoms with Gasteiger partial charge in [0.15, 0.2) is 0 Å². The minimum absolute atomic E-state index is 0. The van der Waals surface area contributed by atoms with Crippen LogP contribution in [0.15, 0.2) is 0 Å². The summed E-state index contributed by atoms with van der Waals surface area (Å²) >= 11 is 0. The molecule has 0 atom stereocenters. The summed E-state index contributed by atoms with van der Waals surface area (Å²) in [6, 6.07) is 0. The molecule has 0 bridgehead atoms. The van der Waals surface area contributed by atoms with Gasteiger partial charge >= 0.3 is 71.2 Å². The summed E-state index contributed by atoms with van der Waals surface area (Å²) in [5, 5.41) is 65.2. The van der Waals surface area contributed by atoms with Gasteiger partial charge in [-0.25, -0.2) is 0 Å². The average molecular weight is 520 g/mol. The standard InChI is InChI=1S/C2H6O2.3CH2O3.2La/c3-1-2-4;3*2-1(3)4;;/h3-4H,1-2H2;3*(H2,2,3,4);;/q;;;;2*+3/p-6. The number of rotatable bonds is 1. The molecule has 0 fully saturated rings. The second-order valence-electron chi connectivity index (χ2n) is 1.20. The third-order valence-electron chi connectivity index (χ3n) is 0.1000. The Morgan fingerprint density at radius 2 is 0.667 bits per heavy atom. The Kier molecular flexibility index (Phi) is 72.3. The van der Waals surface area contributed by atoms with Gasteiger partial charge in [-0.05, 0) is 18.5 Å². The molecule has 0 aromatic rings. The van der Waals surface area contributed by atoms with E-state index >= 15 is 0 Å². The Bertz CT molecular complexity index is 142. The van der Waals surface area contributed by atoms with Crippen molar-refractivity contribution >= 4 is 18.5 Å². The molecule has 0 saturated heterocycles. The Labute approximate surface area is 156 Å². The smallest absolute Gasteiger partial charge is 0.652 e. The van der Waals surface area contributed by atoms with Crippen LogP contribution in [0.1, 0.15) is 0 Å². The van der Waals surface area contributed by atoms with Crippen LogP contribution in [0.2, 0.25) is 0 Å². The van der Waals surface area contributed by atoms with Crippen LogP contribution < -0.4 is 30.6 Å². The predicted octanol–water partition coefficient (Wildman–Crippen LogP) is -8.37. The molecule has 0 saturated carbocycles. The van der Waals surface area contributed by atoms with Crippen molar-refractivity contribution in [2.45, 2.75) is 0 Å². The number of carbonyl (C=O) groups excluding carboxylic acids is 3. The van der Waals surface area contributed by atoms with Crippen LogP contribution >= 0.6 is 0 Å². The molecule has 0 heterocycles. The zero-order chi connectivity index (χ0) is 14.1. The summed E-state index contributed by atoms with van der Waals surface area (Å²) in [5.74, 6) is 0. The molecule has 0 rings (SSSR count). The van der Waals surface area contributed by atoms with Gasteiger partial charge in [0.05, 0.1) is 13.2 Å². The quantitative estimate of drug-likeness (QED) is 0.330. The summed E-state index contributed by atoms with van der Waals surface area (Å²) in [6.45, 7) is -0.250. The molecule has 0 spiro atoms. The Morgan fingerprint density at radius 3 is 0.667 bits per heavy atom. The Balaban J connectivity index is -0.0000000257. The maximum atomic E-state index is 8.33. The normalized spacial score (nSPS) is 5.67. The molecular formula is C5H6La2O11. The van der Waals surface area contributed by atoms with Crippen molar-refractivity contribution in [2.24, 2.45) is 0 Å². The molecule has 0 aromatic heterocycles. The monoisotopic (exact) mass is 520 g/mol. The van der Waals surface area contributed by atoms with E-state index in [9.17, 15) is 0 Å². The number of aliphatic hydroxyl groups excluding tert-OH is 2. The van der Waals surface area contributed by atoms with E-state index in [0.717, 1.165) is 0 Å². The molecule has 18 heavy (non-hydrogen) atoms. The van der Waals surface area contributed by atoms with Crippen molar-refractivity contribution in [2.75, 3.05) is 13.2 Å². The zero-order valence-electron chi connectivity index (χ0n) is 8.64. The largest absolute Gasteiger partial charge is 3.00 e. The fourth-order valence-electron chi connectivity index (χ4n) is 0. The molecule has 2 N–H and O–H groups in total. The van der Waals surface area contributed by atoms with Crippen LogP contribution in [-0.2, 0) is 0 Å². The van der Waals surface area contributed by atoms with Crippen molar-refractivity contribution in [3.05, 3.63) is 0 Å². The van der Waals surface area contributed by atoms with Crippen molar-refractivity contribution in [3.63, 3.8) is 0 Å². The van der Waals surface area contributed by atoms with Crippen molar-refractivity contribution in [1.82, 2.24) is 0 Å². The van der Waals surface area contributed by atoms with Gasteiger partial charge in [-0.1, -0.05) is 0 Å². The Hall–Kier alpha value is 0.120. The molecule has 0 unspecified atom stereocenters. The molecule has 0 aromatic carbocycles. The van der Waals surface area contributed by atoms with Crippen molar-refractivity contribution in [3.8, 4) is 0 Å². The SMILES string of the molecule is O=C([O-])[O-].O=C([O-])[O-].O=C([O-])[O-].OCCO.[La+3].[La+3]. The van der Waals surface area contributed by atoms with Crippen molar-refractivity contribution < 1.29 is 126 Å². The van der Waals surface area contributed by atoms with E-state index in [2.05, 4.69) is 0 Å². The third-order valence-corrected chi connectivity index (χ3v) is 0.1000. The van der Waals surface area contributed by atoms with Gasteiger partial charge in [0.1, 0.15) is 0 Å². The number of hydrogen-bond acceptors (Lipinski definition) is 11. The summed E-state index contributed by atoms with van der Waals surface area (Å²) in [5.41, 5.74) is 0. The fourth-order valence-corrected chi connectivity index (χ4v) is 0. The van der Waals surface area contributed by atoms with E-state index in [-0.39, 0.29) is 84.4 Å². The van der Waals surface area contributed by atoms with Crippen LogP contribution in [0.4, 0.5) is 14.4 Å². The second-order valence-corrected chi connectivity index (χ2v) is 1.20. The molecule has 0 aliphatic carbocycles. The fraction of sp³-hybridized carbons (Fsp3) is 0.400. The van der Waals surface area contributed by atoms with E-state index in [1.54, 1.807) is 0 Å². The molecule has 0 aliphatic heterocycles. The number of carboxylic acid groups (broad SMARTS) is 6. The van der Waals surface area contributed by atoms with Gasteiger partial charge in [0.2, 0.25) is 0 Å². The van der Waals surface area contributed by atoms with E-state index < -0.39 is 18.5 Å². The van der Waals surface area contributed by atoms with Gasteiger partial charge in [-0.2, -0.15) is 0 Å². The first-order valence-corrected chi connectivity index (χ1v) is 2.97. The summed E-state index contributed by atoms with van der Waals surface area (Å²) in [4.78, 5) is 25.0. The maximum Gasteiger partial charge on any atom is 3.00 e. The van der Waals surface area contributed by atoms with E-state index in [0.29, 0.717) is 0 Å².